The zero-order valence-corrected chi connectivity index (χ0v) is 19.7. The largest absolute Gasteiger partial charge is 0.390 e. The lowest BCUT2D eigenvalue weighted by molar-refractivity contribution is -0.249. The van der Waals surface area contributed by atoms with Crippen LogP contribution in [0.5, 0.6) is 0 Å². The molecule has 4 aliphatic carbocycles. The molecule has 0 bridgehead atoms. The number of fused-ring (bicyclic) bond motifs is 7. The second-order valence-corrected chi connectivity index (χ2v) is 11.3. The average Bonchev–Trinajstić information content (AvgIpc) is 3.13. The predicted octanol–water partition coefficient (Wildman–Crippen LogP) is 3.02. The molecule has 0 spiro atoms. The van der Waals surface area contributed by atoms with Crippen LogP contribution in [0.4, 0.5) is 8.78 Å². The van der Waals surface area contributed by atoms with E-state index in [1.165, 1.54) is 25.3 Å². The molecule has 0 amide bonds. The van der Waals surface area contributed by atoms with Crippen LogP contribution in [0, 0.1) is 22.7 Å². The summed E-state index contributed by atoms with van der Waals surface area (Å²) in [5.74, 6) is -3.11. The van der Waals surface area contributed by atoms with Crippen molar-refractivity contribution in [2.75, 3.05) is 13.7 Å². The number of allylic oxidation sites excluding steroid dienone is 4. The third-order valence-corrected chi connectivity index (χ3v) is 9.31. The Morgan fingerprint density at radius 2 is 1.94 bits per heavy atom. The number of aliphatic hydroxyl groups excluding tert-OH is 1. The molecule has 182 valence electrons. The second-order valence-electron chi connectivity index (χ2n) is 11.3. The van der Waals surface area contributed by atoms with Gasteiger partial charge in [0.05, 0.1) is 12.2 Å². The number of Topliss-reactive ketones (excluding diaryl/α,β-unsaturated/α-hetero) is 1. The third kappa shape index (κ3) is 2.61. The molecule has 8 heteroatoms. The summed E-state index contributed by atoms with van der Waals surface area (Å²) in [7, 11) is 1.42. The molecule has 1 aliphatic heterocycles. The normalized spacial score (nSPS) is 51.9. The average molecular weight is 467 g/mol. The number of carbonyl (C=O) groups excluding carboxylic acids is 2. The van der Waals surface area contributed by atoms with Crippen LogP contribution in [0.25, 0.3) is 0 Å². The van der Waals surface area contributed by atoms with Crippen molar-refractivity contribution in [1.29, 1.82) is 0 Å². The van der Waals surface area contributed by atoms with Crippen LogP contribution in [0.3, 0.4) is 0 Å². The predicted molar refractivity (Wildman–Crippen MR) is 114 cm³/mol. The smallest absolute Gasteiger partial charge is 0.193 e. The number of ether oxygens (including phenoxy) is 3. The number of halogens is 2. The van der Waals surface area contributed by atoms with Crippen molar-refractivity contribution in [2.24, 2.45) is 22.7 Å². The van der Waals surface area contributed by atoms with E-state index in [9.17, 15) is 14.7 Å². The molecule has 1 saturated heterocycles. The van der Waals surface area contributed by atoms with Gasteiger partial charge in [-0.15, -0.1) is 0 Å². The molecule has 3 saturated carbocycles. The number of ketones is 2. The highest BCUT2D eigenvalue weighted by atomic mass is 19.1. The lowest BCUT2D eigenvalue weighted by Gasteiger charge is -2.63. The standard InChI is InChI=1S/C25H32F2O6/c1-21(2)32-20-10-14-15-9-17(26)16-8-13(28)6-7-22(16,3)24(15,27)18(29)11-23(14,4)25(20,33-21)19(30)12-31-5/h6-8,14-15,17-18,20,29H,9-12H2,1-5H3/t14?,15?,17-,18-,20+,22-,23-,24-,25+/m0/s1. The SMILES string of the molecule is COCC(=O)[C@@]12OC(C)(C)O[C@@H]1CC1C3C[C@H](F)C4=CC(=O)C=C[C@]4(C)[C@@]3(F)[C@@H](O)C[C@@]12C. The maximum absolute atomic E-state index is 17.2. The van der Waals surface area contributed by atoms with E-state index in [4.69, 9.17) is 14.2 Å². The van der Waals surface area contributed by atoms with Gasteiger partial charge in [-0.25, -0.2) is 8.78 Å². The van der Waals surface area contributed by atoms with Gasteiger partial charge in [0, 0.05) is 23.9 Å². The van der Waals surface area contributed by atoms with Crippen LogP contribution in [0.15, 0.2) is 23.8 Å². The van der Waals surface area contributed by atoms with Crippen LogP contribution in [-0.2, 0) is 23.8 Å². The van der Waals surface area contributed by atoms with Gasteiger partial charge in [0.25, 0.3) is 0 Å². The molecular weight excluding hydrogens is 434 g/mol. The Kier molecular flexibility index (Phi) is 4.80. The van der Waals surface area contributed by atoms with Gasteiger partial charge in [-0.05, 0) is 63.7 Å². The highest BCUT2D eigenvalue weighted by Crippen LogP contribution is 2.72. The van der Waals surface area contributed by atoms with E-state index < -0.39 is 58.1 Å². The molecular formula is C25H32F2O6. The van der Waals surface area contributed by atoms with Crippen molar-refractivity contribution in [3.8, 4) is 0 Å². The zero-order chi connectivity index (χ0) is 24.2. The van der Waals surface area contributed by atoms with Gasteiger partial charge in [-0.2, -0.15) is 0 Å². The molecule has 1 heterocycles. The van der Waals surface area contributed by atoms with E-state index in [1.807, 2.05) is 6.92 Å². The Balaban J connectivity index is 1.65. The van der Waals surface area contributed by atoms with Crippen molar-refractivity contribution in [3.05, 3.63) is 23.8 Å². The summed E-state index contributed by atoms with van der Waals surface area (Å²) < 4.78 is 50.4. The van der Waals surface area contributed by atoms with E-state index >= 15 is 8.78 Å². The number of hydrogen-bond acceptors (Lipinski definition) is 6. The van der Waals surface area contributed by atoms with Gasteiger partial charge in [0.2, 0.25) is 0 Å². The number of alkyl halides is 2. The molecule has 2 unspecified atom stereocenters. The molecule has 1 N–H and O–H groups in total. The van der Waals surface area contributed by atoms with Gasteiger partial charge in [0.15, 0.2) is 28.6 Å². The van der Waals surface area contributed by atoms with Crippen LogP contribution < -0.4 is 0 Å². The van der Waals surface area contributed by atoms with Gasteiger partial charge in [-0.1, -0.05) is 13.0 Å². The molecule has 5 aliphatic rings. The summed E-state index contributed by atoms with van der Waals surface area (Å²) in [4.78, 5) is 25.5. The minimum atomic E-state index is -2.21. The number of aliphatic hydroxyl groups is 1. The van der Waals surface area contributed by atoms with Crippen molar-refractivity contribution in [3.63, 3.8) is 0 Å². The number of methoxy groups -OCH3 is 1. The molecule has 0 aromatic heterocycles. The number of hydrogen-bond donors (Lipinski definition) is 1. The molecule has 0 aromatic carbocycles. The number of rotatable bonds is 3. The fraction of sp³-hybridized carbons (Fsp3) is 0.760. The Hall–Kier alpha value is -1.48. The van der Waals surface area contributed by atoms with Crippen LogP contribution in [0.2, 0.25) is 0 Å². The summed E-state index contributed by atoms with van der Waals surface area (Å²) in [6.45, 7) is 6.64. The molecule has 33 heavy (non-hydrogen) atoms. The molecule has 0 radical (unpaired) electrons. The highest BCUT2D eigenvalue weighted by Gasteiger charge is 2.80. The first-order chi connectivity index (χ1) is 15.3. The number of carbonyl (C=O) groups is 2. The Morgan fingerprint density at radius 3 is 2.61 bits per heavy atom. The second kappa shape index (κ2) is 6.80. The summed E-state index contributed by atoms with van der Waals surface area (Å²) >= 11 is 0. The summed E-state index contributed by atoms with van der Waals surface area (Å²) in [6, 6.07) is 0. The molecule has 9 atom stereocenters. The first kappa shape index (κ1) is 23.3. The first-order valence-corrected chi connectivity index (χ1v) is 11.6. The first-order valence-electron chi connectivity index (χ1n) is 11.6. The summed E-state index contributed by atoms with van der Waals surface area (Å²) in [6.07, 6.45) is 0.213. The molecule has 6 nitrogen and oxygen atoms in total. The topological polar surface area (TPSA) is 82.1 Å². The Bertz CT molecular complexity index is 976. The molecule has 5 rings (SSSR count). The fourth-order valence-electron chi connectivity index (χ4n) is 8.04. The van der Waals surface area contributed by atoms with E-state index in [0.717, 1.165) is 0 Å². The van der Waals surface area contributed by atoms with Crippen LogP contribution in [-0.4, -0.2) is 65.8 Å². The van der Waals surface area contributed by atoms with Crippen molar-refractivity contribution < 1.29 is 37.7 Å². The lowest BCUT2D eigenvalue weighted by Crippen LogP contribution is -2.71. The summed E-state index contributed by atoms with van der Waals surface area (Å²) in [5.41, 5.74) is -6.02. The van der Waals surface area contributed by atoms with Gasteiger partial charge in [-0.3, -0.25) is 9.59 Å². The van der Waals surface area contributed by atoms with E-state index in [2.05, 4.69) is 0 Å². The van der Waals surface area contributed by atoms with Gasteiger partial charge >= 0.3 is 0 Å². The maximum Gasteiger partial charge on any atom is 0.193 e. The Morgan fingerprint density at radius 1 is 1.24 bits per heavy atom. The fourth-order valence-corrected chi connectivity index (χ4v) is 8.04. The van der Waals surface area contributed by atoms with Crippen LogP contribution in [0.1, 0.15) is 47.0 Å². The Labute approximate surface area is 192 Å². The minimum absolute atomic E-state index is 0.0579. The van der Waals surface area contributed by atoms with Crippen molar-refractivity contribution in [1.82, 2.24) is 0 Å². The van der Waals surface area contributed by atoms with E-state index in [1.54, 1.807) is 20.8 Å². The van der Waals surface area contributed by atoms with Gasteiger partial charge in [0.1, 0.15) is 12.8 Å². The minimum Gasteiger partial charge on any atom is -0.390 e. The third-order valence-electron chi connectivity index (χ3n) is 9.31. The monoisotopic (exact) mass is 466 g/mol. The van der Waals surface area contributed by atoms with Gasteiger partial charge < -0.3 is 19.3 Å². The lowest BCUT2D eigenvalue weighted by atomic mass is 9.44. The van der Waals surface area contributed by atoms with Crippen LogP contribution >= 0.6 is 0 Å². The van der Waals surface area contributed by atoms with E-state index in [-0.39, 0.29) is 36.6 Å². The quantitative estimate of drug-likeness (QED) is 0.689. The highest BCUT2D eigenvalue weighted by molar-refractivity contribution is 6.01. The summed E-state index contributed by atoms with van der Waals surface area (Å²) in [5, 5.41) is 11.4. The zero-order valence-electron chi connectivity index (χ0n) is 19.7. The van der Waals surface area contributed by atoms with Crippen molar-refractivity contribution in [2.45, 2.75) is 82.4 Å². The molecule has 0 aromatic rings. The molecule has 4 fully saturated rings. The van der Waals surface area contributed by atoms with Crippen molar-refractivity contribution >= 4 is 11.6 Å². The maximum atomic E-state index is 17.2. The van der Waals surface area contributed by atoms with E-state index in [0.29, 0.717) is 6.42 Å².